The van der Waals surface area contributed by atoms with E-state index in [1.54, 1.807) is 35.2 Å². The Hall–Kier alpha value is -4.86. The first-order chi connectivity index (χ1) is 18.9. The fourth-order valence-corrected chi connectivity index (χ4v) is 4.05. The zero-order valence-corrected chi connectivity index (χ0v) is 20.7. The molecular weight excluding hydrogens is 506 g/mol. The molecule has 2 aromatic carbocycles. The van der Waals surface area contributed by atoms with Crippen LogP contribution in [0.4, 0.5) is 14.5 Å². The number of benzene rings is 2. The zero-order valence-electron chi connectivity index (χ0n) is 20.7. The Kier molecular flexibility index (Phi) is 7.72. The number of nitrogens with zero attached hydrogens (tertiary/aromatic N) is 3. The summed E-state index contributed by atoms with van der Waals surface area (Å²) in [6, 6.07) is 17.7. The van der Waals surface area contributed by atoms with Crippen molar-refractivity contribution in [2.75, 3.05) is 18.4 Å². The van der Waals surface area contributed by atoms with Gasteiger partial charge in [0.25, 0.3) is 11.8 Å². The smallest absolute Gasteiger partial charge is 0.274 e. The van der Waals surface area contributed by atoms with E-state index in [0.29, 0.717) is 48.7 Å². The molecule has 0 spiro atoms. The molecule has 1 N–H and O–H groups in total. The third-order valence-electron chi connectivity index (χ3n) is 6.12. The van der Waals surface area contributed by atoms with Gasteiger partial charge < -0.3 is 19.7 Å². The number of amides is 2. The Bertz CT molecular complexity index is 1420. The van der Waals surface area contributed by atoms with Crippen molar-refractivity contribution in [3.63, 3.8) is 0 Å². The van der Waals surface area contributed by atoms with Crippen molar-refractivity contribution in [2.24, 2.45) is 0 Å². The van der Waals surface area contributed by atoms with Gasteiger partial charge in [0, 0.05) is 38.2 Å². The van der Waals surface area contributed by atoms with Gasteiger partial charge in [0.1, 0.15) is 34.9 Å². The Balaban J connectivity index is 1.11. The molecule has 0 saturated carbocycles. The second-order valence-corrected chi connectivity index (χ2v) is 8.89. The van der Waals surface area contributed by atoms with Gasteiger partial charge in [-0.25, -0.2) is 13.8 Å². The van der Waals surface area contributed by atoms with Crippen molar-refractivity contribution in [3.8, 4) is 17.4 Å². The molecule has 5 rings (SSSR count). The van der Waals surface area contributed by atoms with E-state index in [2.05, 4.69) is 15.3 Å². The normalized spacial score (nSPS) is 13.5. The van der Waals surface area contributed by atoms with E-state index >= 15 is 0 Å². The van der Waals surface area contributed by atoms with Gasteiger partial charge in [-0.2, -0.15) is 0 Å². The van der Waals surface area contributed by atoms with Crippen molar-refractivity contribution in [1.29, 1.82) is 0 Å². The standard InChI is InChI=1S/C29H24F2N4O4/c30-20-2-7-23(8-3-20)38-25-13-15-35(16-14-25)29(37)19-1-11-26(32-17-19)28(36)34-22-6-12-27(33-18-22)39-24-9-4-21(31)5-10-24/h1-12,17-18,25H,13-16H2,(H,34,36). The molecule has 8 nitrogen and oxygen atoms in total. The maximum atomic E-state index is 13.1. The van der Waals surface area contributed by atoms with Gasteiger partial charge in [-0.1, -0.05) is 0 Å². The predicted octanol–water partition coefficient (Wildman–Crippen LogP) is 5.48. The number of hydrogen-bond acceptors (Lipinski definition) is 6. The quantitative estimate of drug-likeness (QED) is 0.340. The lowest BCUT2D eigenvalue weighted by Crippen LogP contribution is -2.41. The van der Waals surface area contributed by atoms with Crippen LogP contribution in [0.5, 0.6) is 17.4 Å². The number of likely N-dealkylation sites (tertiary alicyclic amines) is 1. The second-order valence-electron chi connectivity index (χ2n) is 8.89. The highest BCUT2D eigenvalue weighted by Gasteiger charge is 2.25. The summed E-state index contributed by atoms with van der Waals surface area (Å²) in [6.45, 7) is 1.03. The topological polar surface area (TPSA) is 93.6 Å². The van der Waals surface area contributed by atoms with Crippen molar-refractivity contribution in [2.45, 2.75) is 18.9 Å². The number of hydrogen-bond donors (Lipinski definition) is 1. The Morgan fingerprint density at radius 1 is 0.795 bits per heavy atom. The average Bonchev–Trinajstić information content (AvgIpc) is 2.96. The molecule has 0 atom stereocenters. The van der Waals surface area contributed by atoms with E-state index in [1.807, 2.05) is 0 Å². The molecule has 4 aromatic rings. The van der Waals surface area contributed by atoms with Crippen LogP contribution < -0.4 is 14.8 Å². The molecular formula is C29H24F2N4O4. The predicted molar refractivity (Wildman–Crippen MR) is 139 cm³/mol. The van der Waals surface area contributed by atoms with Crippen LogP contribution in [0.15, 0.2) is 85.2 Å². The van der Waals surface area contributed by atoms with Crippen LogP contribution in [-0.2, 0) is 0 Å². The number of pyridine rings is 2. The molecule has 1 saturated heterocycles. The summed E-state index contributed by atoms with van der Waals surface area (Å²) in [5, 5.41) is 2.70. The first-order valence-electron chi connectivity index (χ1n) is 12.3. The van der Waals surface area contributed by atoms with Crippen LogP contribution in [0.2, 0.25) is 0 Å². The molecule has 0 bridgehead atoms. The van der Waals surface area contributed by atoms with Crippen molar-refractivity contribution < 1.29 is 27.8 Å². The van der Waals surface area contributed by atoms with Crippen molar-refractivity contribution >= 4 is 17.5 Å². The largest absolute Gasteiger partial charge is 0.490 e. The highest BCUT2D eigenvalue weighted by atomic mass is 19.1. The Morgan fingerprint density at radius 2 is 1.46 bits per heavy atom. The number of piperidine rings is 1. The first kappa shape index (κ1) is 25.8. The number of carbonyl (C=O) groups is 2. The lowest BCUT2D eigenvalue weighted by Gasteiger charge is -2.32. The molecule has 39 heavy (non-hydrogen) atoms. The van der Waals surface area contributed by atoms with Crippen LogP contribution in [-0.4, -0.2) is 45.9 Å². The van der Waals surface area contributed by atoms with Gasteiger partial charge in [0.05, 0.1) is 17.4 Å². The SMILES string of the molecule is O=C(Nc1ccc(Oc2ccc(F)cc2)nc1)c1ccc(C(=O)N2CCC(Oc3ccc(F)cc3)CC2)cn1. The first-order valence-corrected chi connectivity index (χ1v) is 12.3. The van der Waals surface area contributed by atoms with Gasteiger partial charge in [-0.05, 0) is 66.7 Å². The number of nitrogens with one attached hydrogen (secondary N) is 1. The lowest BCUT2D eigenvalue weighted by molar-refractivity contribution is 0.0594. The summed E-state index contributed by atoms with van der Waals surface area (Å²) in [5.41, 5.74) is 0.956. The highest BCUT2D eigenvalue weighted by molar-refractivity contribution is 6.03. The Labute approximate surface area is 223 Å². The van der Waals surface area contributed by atoms with Crippen molar-refractivity contribution in [3.05, 3.63) is 108 Å². The van der Waals surface area contributed by atoms with Gasteiger partial charge in [-0.15, -0.1) is 0 Å². The minimum absolute atomic E-state index is 0.0539. The highest BCUT2D eigenvalue weighted by Crippen LogP contribution is 2.22. The molecule has 10 heteroatoms. The molecule has 0 aliphatic carbocycles. The third kappa shape index (κ3) is 6.72. The monoisotopic (exact) mass is 530 g/mol. The summed E-state index contributed by atoms with van der Waals surface area (Å²) < 4.78 is 37.5. The minimum Gasteiger partial charge on any atom is -0.490 e. The maximum Gasteiger partial charge on any atom is 0.274 e. The molecule has 2 amide bonds. The van der Waals surface area contributed by atoms with Crippen molar-refractivity contribution in [1.82, 2.24) is 14.9 Å². The average molecular weight is 531 g/mol. The van der Waals surface area contributed by atoms with Crippen LogP contribution >= 0.6 is 0 Å². The van der Waals surface area contributed by atoms with Gasteiger partial charge >= 0.3 is 0 Å². The minimum atomic E-state index is -0.457. The number of anilines is 1. The van der Waals surface area contributed by atoms with Crippen LogP contribution in [0.3, 0.4) is 0 Å². The molecule has 0 unspecified atom stereocenters. The zero-order chi connectivity index (χ0) is 27.2. The fourth-order valence-electron chi connectivity index (χ4n) is 4.05. The molecule has 3 heterocycles. The van der Waals surface area contributed by atoms with Gasteiger partial charge in [-0.3, -0.25) is 14.6 Å². The summed E-state index contributed by atoms with van der Waals surface area (Å²) >= 11 is 0. The van der Waals surface area contributed by atoms with Crippen LogP contribution in [0.25, 0.3) is 0 Å². The Morgan fingerprint density at radius 3 is 2.05 bits per heavy atom. The number of carbonyl (C=O) groups excluding carboxylic acids is 2. The summed E-state index contributed by atoms with van der Waals surface area (Å²) in [6.07, 6.45) is 4.06. The molecule has 0 radical (unpaired) electrons. The maximum absolute atomic E-state index is 13.1. The third-order valence-corrected chi connectivity index (χ3v) is 6.12. The molecule has 1 aliphatic heterocycles. The number of rotatable bonds is 7. The fraction of sp³-hybridized carbons (Fsp3) is 0.172. The van der Waals surface area contributed by atoms with E-state index in [-0.39, 0.29) is 35.2 Å². The number of ether oxygens (including phenoxy) is 2. The van der Waals surface area contributed by atoms with E-state index < -0.39 is 5.91 Å². The van der Waals surface area contributed by atoms with E-state index in [9.17, 15) is 18.4 Å². The van der Waals surface area contributed by atoms with Gasteiger partial charge in [0.2, 0.25) is 5.88 Å². The molecule has 1 aliphatic rings. The summed E-state index contributed by atoms with van der Waals surface area (Å²) in [7, 11) is 0. The van der Waals surface area contributed by atoms with E-state index in [1.165, 1.54) is 54.9 Å². The molecule has 198 valence electrons. The van der Waals surface area contributed by atoms with Gasteiger partial charge in [0.15, 0.2) is 0 Å². The summed E-state index contributed by atoms with van der Waals surface area (Å²) in [4.78, 5) is 35.6. The second kappa shape index (κ2) is 11.7. The van der Waals surface area contributed by atoms with Crippen LogP contribution in [0, 0.1) is 11.6 Å². The number of halogens is 2. The van der Waals surface area contributed by atoms with Crippen LogP contribution in [0.1, 0.15) is 33.7 Å². The molecule has 1 fully saturated rings. The summed E-state index contributed by atoms with van der Waals surface area (Å²) in [5.74, 6) is 0.00490. The van der Waals surface area contributed by atoms with E-state index in [4.69, 9.17) is 9.47 Å². The molecule has 2 aromatic heterocycles. The lowest BCUT2D eigenvalue weighted by atomic mass is 10.1. The number of aromatic nitrogens is 2. The van der Waals surface area contributed by atoms with E-state index in [0.717, 1.165) is 0 Å².